The molecule has 0 heterocycles. The van der Waals surface area contributed by atoms with E-state index in [1.165, 1.54) is 6.08 Å². The molecular weight excluding hydrogens is 226 g/mol. The maximum absolute atomic E-state index is 11.7. The van der Waals surface area contributed by atoms with E-state index in [0.717, 1.165) is 0 Å². The Morgan fingerprint density at radius 1 is 1.29 bits per heavy atom. The first-order valence-electron chi connectivity index (χ1n) is 4.94. The number of rotatable bonds is 7. The Morgan fingerprint density at radius 3 is 2.06 bits per heavy atom. The normalized spacial score (nSPS) is 11.9. The Bertz CT molecular complexity index is 369. The highest BCUT2D eigenvalue weighted by Crippen LogP contribution is 2.19. The van der Waals surface area contributed by atoms with Gasteiger partial charge in [-0.15, -0.1) is 6.58 Å². The minimum absolute atomic E-state index is 0.0216. The van der Waals surface area contributed by atoms with Crippen LogP contribution >= 0.6 is 0 Å². The number of carbonyl (C=O) groups excluding carboxylic acids is 1. The van der Waals surface area contributed by atoms with Gasteiger partial charge in [-0.25, -0.2) is 0 Å². The van der Waals surface area contributed by atoms with Crippen molar-refractivity contribution in [3.05, 3.63) is 23.9 Å². The van der Waals surface area contributed by atoms with Gasteiger partial charge in [-0.3, -0.25) is 14.4 Å². The Morgan fingerprint density at radius 2 is 1.76 bits per heavy atom. The van der Waals surface area contributed by atoms with E-state index in [1.54, 1.807) is 6.92 Å². The number of ketones is 1. The molecule has 0 aromatic rings. The van der Waals surface area contributed by atoms with Gasteiger partial charge in [-0.05, 0) is 6.42 Å². The maximum atomic E-state index is 11.7. The summed E-state index contributed by atoms with van der Waals surface area (Å²) in [6.07, 6.45) is 1.33. The summed E-state index contributed by atoms with van der Waals surface area (Å²) >= 11 is 0. The van der Waals surface area contributed by atoms with E-state index in [4.69, 9.17) is 15.9 Å². The highest BCUT2D eigenvalue weighted by Gasteiger charge is 2.35. The average molecular weight is 241 g/mol. The zero-order chi connectivity index (χ0) is 13.6. The molecule has 0 bridgehead atoms. The van der Waals surface area contributed by atoms with Crippen LogP contribution in [0.3, 0.4) is 0 Å². The molecule has 17 heavy (non-hydrogen) atoms. The lowest BCUT2D eigenvalue weighted by Crippen LogP contribution is -2.31. The number of carboxylic acids is 2. The first-order valence-corrected chi connectivity index (χ1v) is 4.94. The van der Waals surface area contributed by atoms with Crippen LogP contribution in [0.1, 0.15) is 19.8 Å². The number of Topliss-reactive ketones (excluding diaryl/α,β-unsaturated/α-hetero) is 1. The minimum Gasteiger partial charge on any atom is -0.480 e. The lowest BCUT2D eigenvalue weighted by Gasteiger charge is -2.13. The van der Waals surface area contributed by atoms with Crippen molar-refractivity contribution < 1.29 is 24.6 Å². The number of allylic oxidation sites excluding steroid dienone is 2. The van der Waals surface area contributed by atoms with Crippen LogP contribution in [-0.4, -0.2) is 27.9 Å². The molecule has 0 aromatic carbocycles. The summed E-state index contributed by atoms with van der Waals surface area (Å²) in [5.74, 6) is -5.78. The van der Waals surface area contributed by atoms with Gasteiger partial charge in [0.2, 0.25) is 0 Å². The largest absolute Gasteiger partial charge is 0.480 e. The molecule has 0 rings (SSSR count). The summed E-state index contributed by atoms with van der Waals surface area (Å²) < 4.78 is 0. The van der Waals surface area contributed by atoms with E-state index < -0.39 is 23.6 Å². The molecule has 0 radical (unpaired) electrons. The van der Waals surface area contributed by atoms with E-state index in [0.29, 0.717) is 0 Å². The van der Waals surface area contributed by atoms with Crippen LogP contribution in [-0.2, 0) is 14.4 Å². The molecule has 0 aliphatic rings. The fraction of sp³-hybridized carbons (Fsp3) is 0.364. The molecule has 4 N–H and O–H groups in total. The zero-order valence-electron chi connectivity index (χ0n) is 9.47. The third-order valence-electron chi connectivity index (χ3n) is 2.14. The minimum atomic E-state index is -1.93. The standard InChI is InChI=1S/C11H15NO5/c1-3-5-7(13)8(6(12)4-2)9(10(14)15)11(16)17/h3,9H,1,4-5,12H2,2H3,(H,14,15)(H,16,17). The summed E-state index contributed by atoms with van der Waals surface area (Å²) in [5, 5.41) is 17.7. The van der Waals surface area contributed by atoms with E-state index in [1.807, 2.05) is 0 Å². The fourth-order valence-electron chi connectivity index (χ4n) is 1.31. The van der Waals surface area contributed by atoms with Gasteiger partial charge in [0.15, 0.2) is 11.7 Å². The number of aliphatic carboxylic acids is 2. The lowest BCUT2D eigenvalue weighted by molar-refractivity contribution is -0.153. The number of nitrogens with two attached hydrogens (primary N) is 1. The molecule has 0 saturated carbocycles. The molecule has 0 atom stereocenters. The second-order valence-electron chi connectivity index (χ2n) is 3.32. The van der Waals surface area contributed by atoms with Crippen molar-refractivity contribution >= 4 is 17.7 Å². The quantitative estimate of drug-likeness (QED) is 0.340. The van der Waals surface area contributed by atoms with Crippen LogP contribution in [0.5, 0.6) is 0 Å². The summed E-state index contributed by atoms with van der Waals surface area (Å²) in [4.78, 5) is 33.4. The van der Waals surface area contributed by atoms with Gasteiger partial charge in [0.1, 0.15) is 0 Å². The van der Waals surface area contributed by atoms with Crippen LogP contribution in [0.4, 0.5) is 0 Å². The fourth-order valence-corrected chi connectivity index (χ4v) is 1.31. The van der Waals surface area contributed by atoms with Crippen LogP contribution in [0, 0.1) is 5.92 Å². The number of hydrogen-bond acceptors (Lipinski definition) is 4. The summed E-state index contributed by atoms with van der Waals surface area (Å²) in [7, 11) is 0. The molecule has 0 fully saturated rings. The first-order chi connectivity index (χ1) is 7.86. The molecule has 0 unspecified atom stereocenters. The number of carboxylic acid groups (broad SMARTS) is 2. The van der Waals surface area contributed by atoms with E-state index >= 15 is 0 Å². The molecular formula is C11H15NO5. The van der Waals surface area contributed by atoms with Crippen molar-refractivity contribution in [2.45, 2.75) is 19.8 Å². The van der Waals surface area contributed by atoms with Gasteiger partial charge in [-0.2, -0.15) is 0 Å². The summed E-state index contributed by atoms with van der Waals surface area (Å²) in [6, 6.07) is 0. The van der Waals surface area contributed by atoms with Crippen LogP contribution in [0.25, 0.3) is 0 Å². The lowest BCUT2D eigenvalue weighted by atomic mass is 9.91. The highest BCUT2D eigenvalue weighted by molar-refractivity contribution is 6.09. The predicted octanol–water partition coefficient (Wildman–Crippen LogP) is 0.540. The van der Waals surface area contributed by atoms with Crippen LogP contribution in [0.2, 0.25) is 0 Å². The van der Waals surface area contributed by atoms with E-state index in [2.05, 4.69) is 6.58 Å². The Balaban J connectivity index is 5.61. The summed E-state index contributed by atoms with van der Waals surface area (Å²) in [5.41, 5.74) is 5.13. The SMILES string of the molecule is C=CCC(=O)C(=C(N)CC)C(C(=O)O)C(=O)O. The number of carbonyl (C=O) groups is 3. The second-order valence-corrected chi connectivity index (χ2v) is 3.32. The van der Waals surface area contributed by atoms with E-state index in [-0.39, 0.29) is 24.1 Å². The maximum Gasteiger partial charge on any atom is 0.322 e. The van der Waals surface area contributed by atoms with Gasteiger partial charge >= 0.3 is 11.9 Å². The van der Waals surface area contributed by atoms with Gasteiger partial charge in [-0.1, -0.05) is 13.0 Å². The number of hydrogen-bond donors (Lipinski definition) is 3. The molecule has 0 spiro atoms. The van der Waals surface area contributed by atoms with Crippen LogP contribution in [0.15, 0.2) is 23.9 Å². The topological polar surface area (TPSA) is 118 Å². The molecule has 0 aromatic heterocycles. The Hall–Kier alpha value is -2.11. The molecule has 94 valence electrons. The predicted molar refractivity (Wildman–Crippen MR) is 60.1 cm³/mol. The van der Waals surface area contributed by atoms with Gasteiger partial charge in [0.25, 0.3) is 0 Å². The molecule has 6 heteroatoms. The van der Waals surface area contributed by atoms with Crippen LogP contribution < -0.4 is 5.73 Å². The summed E-state index contributed by atoms with van der Waals surface area (Å²) in [6.45, 7) is 4.95. The molecule has 0 aliphatic heterocycles. The van der Waals surface area contributed by atoms with Crippen molar-refractivity contribution in [1.29, 1.82) is 0 Å². The molecule has 0 amide bonds. The highest BCUT2D eigenvalue weighted by atomic mass is 16.4. The van der Waals surface area contributed by atoms with Crippen molar-refractivity contribution in [1.82, 2.24) is 0 Å². The molecule has 6 nitrogen and oxygen atoms in total. The molecule has 0 saturated heterocycles. The van der Waals surface area contributed by atoms with Gasteiger partial charge in [0, 0.05) is 17.7 Å². The zero-order valence-corrected chi connectivity index (χ0v) is 9.47. The smallest absolute Gasteiger partial charge is 0.322 e. The monoisotopic (exact) mass is 241 g/mol. The van der Waals surface area contributed by atoms with Gasteiger partial charge < -0.3 is 15.9 Å². The van der Waals surface area contributed by atoms with Crippen molar-refractivity contribution in [3.8, 4) is 0 Å². The van der Waals surface area contributed by atoms with Crippen molar-refractivity contribution in [2.75, 3.05) is 0 Å². The third-order valence-corrected chi connectivity index (χ3v) is 2.14. The van der Waals surface area contributed by atoms with Crippen molar-refractivity contribution in [3.63, 3.8) is 0 Å². The van der Waals surface area contributed by atoms with E-state index in [9.17, 15) is 14.4 Å². The average Bonchev–Trinajstić information content (AvgIpc) is 2.23. The third kappa shape index (κ3) is 3.75. The van der Waals surface area contributed by atoms with Gasteiger partial charge in [0.05, 0.1) is 0 Å². The Labute approximate surface area is 98.4 Å². The first kappa shape index (κ1) is 14.9. The second kappa shape index (κ2) is 6.47. The Kier molecular flexibility index (Phi) is 5.66. The molecule has 0 aliphatic carbocycles. The van der Waals surface area contributed by atoms with Crippen molar-refractivity contribution in [2.24, 2.45) is 11.7 Å².